The van der Waals surface area contributed by atoms with E-state index in [4.69, 9.17) is 4.52 Å². The number of hydrogen-bond acceptors (Lipinski definition) is 6. The van der Waals surface area contributed by atoms with Gasteiger partial charge in [0.1, 0.15) is 5.52 Å². The van der Waals surface area contributed by atoms with Gasteiger partial charge in [-0.1, -0.05) is 42.4 Å². The third-order valence-corrected chi connectivity index (χ3v) is 5.59. The molecule has 0 saturated carbocycles. The van der Waals surface area contributed by atoms with E-state index < -0.39 is 0 Å². The van der Waals surface area contributed by atoms with Crippen molar-refractivity contribution in [1.82, 2.24) is 29.2 Å². The molecular weight excluding hydrogens is 380 g/mol. The fourth-order valence-electron chi connectivity index (χ4n) is 4.09. The molecule has 5 rings (SSSR count). The normalized spacial score (nSPS) is 17.6. The summed E-state index contributed by atoms with van der Waals surface area (Å²) in [6, 6.07) is 11.6. The Morgan fingerprint density at radius 2 is 2.03 bits per heavy atom. The maximum Gasteiger partial charge on any atom is 0.277 e. The lowest BCUT2D eigenvalue weighted by Gasteiger charge is -2.29. The summed E-state index contributed by atoms with van der Waals surface area (Å²) in [6.45, 7) is 5.31. The van der Waals surface area contributed by atoms with Crippen molar-refractivity contribution in [2.45, 2.75) is 32.9 Å². The van der Waals surface area contributed by atoms with Crippen LogP contribution in [0.25, 0.3) is 16.8 Å². The molecule has 3 aromatic heterocycles. The molecule has 0 amide bonds. The molecule has 4 aromatic rings. The largest absolute Gasteiger partial charge is 0.338 e. The Hall–Kier alpha value is -3.26. The molecule has 4 heterocycles. The van der Waals surface area contributed by atoms with Crippen LogP contribution in [0.15, 0.2) is 58.1 Å². The van der Waals surface area contributed by atoms with Crippen molar-refractivity contribution in [2.24, 2.45) is 5.92 Å². The monoisotopic (exact) mass is 404 g/mol. The van der Waals surface area contributed by atoms with Gasteiger partial charge in [0, 0.05) is 24.5 Å². The predicted octanol–water partition coefficient (Wildman–Crippen LogP) is 2.83. The van der Waals surface area contributed by atoms with Gasteiger partial charge in [-0.25, -0.2) is 4.52 Å². The van der Waals surface area contributed by atoms with Crippen LogP contribution in [0.2, 0.25) is 0 Å². The van der Waals surface area contributed by atoms with E-state index in [1.54, 1.807) is 21.5 Å². The lowest BCUT2D eigenvalue weighted by Crippen LogP contribution is -2.33. The Labute approximate surface area is 173 Å². The predicted molar refractivity (Wildman–Crippen MR) is 112 cm³/mol. The third-order valence-electron chi connectivity index (χ3n) is 5.59. The lowest BCUT2D eigenvalue weighted by molar-refractivity contribution is 0.157. The number of aromatic nitrogens is 5. The van der Waals surface area contributed by atoms with Gasteiger partial charge in [0.15, 0.2) is 5.82 Å². The molecule has 0 bridgehead atoms. The highest BCUT2D eigenvalue weighted by molar-refractivity contribution is 5.65. The topological polar surface area (TPSA) is 81.5 Å². The van der Waals surface area contributed by atoms with Crippen LogP contribution in [0, 0.1) is 5.92 Å². The second-order valence-electron chi connectivity index (χ2n) is 8.04. The molecule has 1 aliphatic heterocycles. The molecule has 8 heteroatoms. The summed E-state index contributed by atoms with van der Waals surface area (Å²) in [5.41, 5.74) is 2.12. The van der Waals surface area contributed by atoms with Gasteiger partial charge in [0.25, 0.3) is 5.56 Å². The van der Waals surface area contributed by atoms with E-state index in [1.165, 1.54) is 12.8 Å². The number of piperidine rings is 1. The van der Waals surface area contributed by atoms with Gasteiger partial charge < -0.3 is 9.09 Å². The van der Waals surface area contributed by atoms with Crippen LogP contribution in [0.5, 0.6) is 0 Å². The van der Waals surface area contributed by atoms with E-state index in [1.807, 2.05) is 36.4 Å². The van der Waals surface area contributed by atoms with E-state index in [9.17, 15) is 4.79 Å². The van der Waals surface area contributed by atoms with Crippen LogP contribution in [0.4, 0.5) is 0 Å². The summed E-state index contributed by atoms with van der Waals surface area (Å²) in [5.74, 6) is 1.80. The number of nitrogens with zero attached hydrogens (tertiary/aromatic N) is 6. The van der Waals surface area contributed by atoms with E-state index in [0.717, 1.165) is 24.3 Å². The highest BCUT2D eigenvalue weighted by atomic mass is 16.5. The van der Waals surface area contributed by atoms with Crippen molar-refractivity contribution in [3.05, 3.63) is 70.9 Å². The Balaban J connectivity index is 1.35. The van der Waals surface area contributed by atoms with Crippen molar-refractivity contribution < 1.29 is 4.52 Å². The standard InChI is InChI=1S/C22H24N6O2/c1-16-6-5-9-26(13-16)15-21-23-20(25-30-21)14-27-10-11-28-19(22(27)29)12-18(24-28)17-7-3-2-4-8-17/h2-4,7-8,10-12,16H,5-6,9,13-15H2,1H3/t16-/m1/s1. The highest BCUT2D eigenvalue weighted by Gasteiger charge is 2.19. The second-order valence-corrected chi connectivity index (χ2v) is 8.04. The smallest absolute Gasteiger partial charge is 0.277 e. The molecular formula is C22H24N6O2. The van der Waals surface area contributed by atoms with Gasteiger partial charge in [-0.2, -0.15) is 10.1 Å². The molecule has 0 spiro atoms. The van der Waals surface area contributed by atoms with Crippen molar-refractivity contribution in [3.8, 4) is 11.3 Å². The van der Waals surface area contributed by atoms with Gasteiger partial charge in [0.05, 0.1) is 18.8 Å². The SMILES string of the molecule is C[C@@H]1CCCN(Cc2nc(Cn3ccn4nc(-c5ccccc5)cc4c3=O)no2)C1. The van der Waals surface area contributed by atoms with Gasteiger partial charge in [0.2, 0.25) is 5.89 Å². The molecule has 0 unspecified atom stereocenters. The zero-order valence-corrected chi connectivity index (χ0v) is 16.9. The average molecular weight is 404 g/mol. The molecule has 1 atom stereocenters. The zero-order valence-electron chi connectivity index (χ0n) is 16.9. The fourth-order valence-corrected chi connectivity index (χ4v) is 4.09. The third kappa shape index (κ3) is 3.78. The summed E-state index contributed by atoms with van der Waals surface area (Å²) in [6.07, 6.45) is 5.96. The number of fused-ring (bicyclic) bond motifs is 1. The minimum atomic E-state index is -0.136. The molecule has 0 aliphatic carbocycles. The molecule has 30 heavy (non-hydrogen) atoms. The minimum absolute atomic E-state index is 0.136. The summed E-state index contributed by atoms with van der Waals surface area (Å²) >= 11 is 0. The van der Waals surface area contributed by atoms with Crippen molar-refractivity contribution in [3.63, 3.8) is 0 Å². The zero-order chi connectivity index (χ0) is 20.5. The summed E-state index contributed by atoms with van der Waals surface area (Å²) in [7, 11) is 0. The first-order chi connectivity index (χ1) is 14.7. The van der Waals surface area contributed by atoms with Gasteiger partial charge in [-0.05, 0) is 31.4 Å². The van der Waals surface area contributed by atoms with E-state index in [-0.39, 0.29) is 12.1 Å². The number of hydrogen-bond donors (Lipinski definition) is 0. The van der Waals surface area contributed by atoms with Crippen LogP contribution in [-0.2, 0) is 13.1 Å². The molecule has 1 fully saturated rings. The molecule has 1 saturated heterocycles. The molecule has 0 N–H and O–H groups in total. The maximum absolute atomic E-state index is 12.9. The number of rotatable bonds is 5. The highest BCUT2D eigenvalue weighted by Crippen LogP contribution is 2.18. The first-order valence-electron chi connectivity index (χ1n) is 10.3. The quantitative estimate of drug-likeness (QED) is 0.509. The van der Waals surface area contributed by atoms with E-state index in [0.29, 0.717) is 29.7 Å². The summed E-state index contributed by atoms with van der Waals surface area (Å²) in [5, 5.41) is 8.59. The molecule has 1 aliphatic rings. The minimum Gasteiger partial charge on any atom is -0.338 e. The average Bonchev–Trinajstić information content (AvgIpc) is 3.38. The van der Waals surface area contributed by atoms with Gasteiger partial charge >= 0.3 is 0 Å². The molecule has 154 valence electrons. The lowest BCUT2D eigenvalue weighted by atomic mass is 10.0. The molecule has 0 radical (unpaired) electrons. The summed E-state index contributed by atoms with van der Waals surface area (Å²) < 4.78 is 8.63. The fraction of sp³-hybridized carbons (Fsp3) is 0.364. The Bertz CT molecular complexity index is 1210. The van der Waals surface area contributed by atoms with Crippen molar-refractivity contribution in [2.75, 3.05) is 13.1 Å². The van der Waals surface area contributed by atoms with Gasteiger partial charge in [-0.15, -0.1) is 0 Å². The first kappa shape index (κ1) is 18.7. The van der Waals surface area contributed by atoms with Gasteiger partial charge in [-0.3, -0.25) is 9.69 Å². The van der Waals surface area contributed by atoms with Crippen LogP contribution in [-0.4, -0.2) is 42.3 Å². The second kappa shape index (κ2) is 7.87. The van der Waals surface area contributed by atoms with E-state index in [2.05, 4.69) is 27.1 Å². The Morgan fingerprint density at radius 3 is 2.87 bits per heavy atom. The van der Waals surface area contributed by atoms with Crippen LogP contribution < -0.4 is 5.56 Å². The number of benzene rings is 1. The van der Waals surface area contributed by atoms with Crippen molar-refractivity contribution in [1.29, 1.82) is 0 Å². The van der Waals surface area contributed by atoms with Crippen LogP contribution in [0.3, 0.4) is 0 Å². The Kier molecular flexibility index (Phi) is 4.92. The first-order valence-corrected chi connectivity index (χ1v) is 10.3. The number of likely N-dealkylation sites (tertiary alicyclic amines) is 1. The maximum atomic E-state index is 12.9. The molecule has 1 aromatic carbocycles. The van der Waals surface area contributed by atoms with Crippen LogP contribution in [0.1, 0.15) is 31.5 Å². The van der Waals surface area contributed by atoms with Crippen LogP contribution >= 0.6 is 0 Å². The summed E-state index contributed by atoms with van der Waals surface area (Å²) in [4.78, 5) is 19.8. The Morgan fingerprint density at radius 1 is 1.17 bits per heavy atom. The molecule has 8 nitrogen and oxygen atoms in total. The van der Waals surface area contributed by atoms with Crippen molar-refractivity contribution >= 4 is 5.52 Å². The van der Waals surface area contributed by atoms with E-state index >= 15 is 0 Å².